The fourth-order valence-corrected chi connectivity index (χ4v) is 3.25. The van der Waals surface area contributed by atoms with Gasteiger partial charge in [-0.1, -0.05) is 29.3 Å². The second-order valence-corrected chi connectivity index (χ2v) is 6.99. The fraction of sp³-hybridized carbons (Fsp3) is 0.350. The molecule has 0 aromatic heterocycles. The highest BCUT2D eigenvalue weighted by Gasteiger charge is 2.26. The van der Waals surface area contributed by atoms with Crippen LogP contribution in [0.1, 0.15) is 10.4 Å². The predicted molar refractivity (Wildman–Crippen MR) is 107 cm³/mol. The van der Waals surface area contributed by atoms with E-state index in [0.29, 0.717) is 52.6 Å². The second-order valence-electron chi connectivity index (χ2n) is 6.18. The van der Waals surface area contributed by atoms with E-state index >= 15 is 0 Å². The number of halogens is 2. The van der Waals surface area contributed by atoms with Gasteiger partial charge in [-0.25, -0.2) is 0 Å². The van der Waals surface area contributed by atoms with E-state index in [4.69, 9.17) is 42.1 Å². The summed E-state index contributed by atoms with van der Waals surface area (Å²) in [5, 5.41) is 0.765. The van der Waals surface area contributed by atoms with Crippen LogP contribution in [0.3, 0.4) is 0 Å². The summed E-state index contributed by atoms with van der Waals surface area (Å²) < 4.78 is 22.3. The molecule has 28 heavy (non-hydrogen) atoms. The van der Waals surface area contributed by atoms with Gasteiger partial charge >= 0.3 is 0 Å². The van der Waals surface area contributed by atoms with Gasteiger partial charge in [0, 0.05) is 12.1 Å². The van der Waals surface area contributed by atoms with E-state index in [1.807, 2.05) is 6.07 Å². The molecule has 2 aromatic rings. The number of carbonyl (C=O) groups excluding carboxylic acids is 1. The molecule has 8 heteroatoms. The molecule has 0 bridgehead atoms. The average Bonchev–Trinajstić information content (AvgIpc) is 2.73. The van der Waals surface area contributed by atoms with Crippen LogP contribution < -0.4 is 14.2 Å². The second kappa shape index (κ2) is 9.37. The van der Waals surface area contributed by atoms with Gasteiger partial charge in [-0.15, -0.1) is 0 Å². The summed E-state index contributed by atoms with van der Waals surface area (Å²) in [6.45, 7) is 1.57. The zero-order chi connectivity index (χ0) is 20.1. The lowest BCUT2D eigenvalue weighted by molar-refractivity contribution is -0.0406. The van der Waals surface area contributed by atoms with Crippen molar-refractivity contribution in [1.82, 2.24) is 4.90 Å². The molecule has 2 aromatic carbocycles. The normalized spacial score (nSPS) is 16.6. The molecule has 0 aliphatic carbocycles. The highest BCUT2D eigenvalue weighted by molar-refractivity contribution is 6.42. The summed E-state index contributed by atoms with van der Waals surface area (Å²) in [5.41, 5.74) is 0.488. The van der Waals surface area contributed by atoms with Crippen LogP contribution in [0.5, 0.6) is 17.2 Å². The molecule has 1 unspecified atom stereocenters. The third-order valence-corrected chi connectivity index (χ3v) is 5.13. The van der Waals surface area contributed by atoms with E-state index in [1.54, 1.807) is 49.5 Å². The summed E-state index contributed by atoms with van der Waals surface area (Å²) in [4.78, 5) is 14.5. The van der Waals surface area contributed by atoms with E-state index in [2.05, 4.69) is 0 Å². The third-order valence-electron chi connectivity index (χ3n) is 4.39. The molecule has 3 rings (SSSR count). The van der Waals surface area contributed by atoms with E-state index in [9.17, 15) is 4.79 Å². The molecule has 0 radical (unpaired) electrons. The number of ether oxygens (including phenoxy) is 4. The Balaban J connectivity index is 1.66. The van der Waals surface area contributed by atoms with Crippen molar-refractivity contribution in [2.24, 2.45) is 0 Å². The molecular weight excluding hydrogens is 405 g/mol. The first-order chi connectivity index (χ1) is 13.5. The highest BCUT2D eigenvalue weighted by Crippen LogP contribution is 2.37. The Morgan fingerprint density at radius 1 is 1.14 bits per heavy atom. The number of para-hydroxylation sites is 1. The number of hydrogen-bond donors (Lipinski definition) is 0. The molecule has 1 aliphatic rings. The molecule has 6 nitrogen and oxygen atoms in total. The van der Waals surface area contributed by atoms with Gasteiger partial charge in [0.2, 0.25) is 5.75 Å². The Labute approximate surface area is 173 Å². The molecule has 1 amide bonds. The minimum Gasteiger partial charge on any atom is -0.493 e. The minimum atomic E-state index is -0.282. The van der Waals surface area contributed by atoms with Gasteiger partial charge in [-0.3, -0.25) is 4.79 Å². The highest BCUT2D eigenvalue weighted by atomic mass is 35.5. The van der Waals surface area contributed by atoms with Gasteiger partial charge in [0.05, 0.1) is 37.4 Å². The summed E-state index contributed by atoms with van der Waals surface area (Å²) in [7, 11) is 3.13. The molecule has 1 atom stereocenters. The smallest absolute Gasteiger partial charge is 0.254 e. The van der Waals surface area contributed by atoms with Crippen LogP contribution in [0.25, 0.3) is 0 Å². The Morgan fingerprint density at radius 3 is 2.50 bits per heavy atom. The quantitative estimate of drug-likeness (QED) is 0.701. The standard InChI is InChI=1S/C20H21Cl2NO5/c1-25-17-4-3-5-18(26-2)19(17)28-12-14-11-23(8-9-27-14)20(24)13-6-7-15(21)16(22)10-13/h3-7,10,14H,8-9,11-12H2,1-2H3. The summed E-state index contributed by atoms with van der Waals surface area (Å²) in [6, 6.07) is 10.3. The Kier molecular flexibility index (Phi) is 6.88. The molecule has 1 fully saturated rings. The van der Waals surface area contributed by atoms with Crippen LogP contribution in [0.15, 0.2) is 36.4 Å². The van der Waals surface area contributed by atoms with Crippen molar-refractivity contribution < 1.29 is 23.7 Å². The van der Waals surface area contributed by atoms with Crippen molar-refractivity contribution >= 4 is 29.1 Å². The van der Waals surface area contributed by atoms with Crippen molar-refractivity contribution in [2.45, 2.75) is 6.10 Å². The van der Waals surface area contributed by atoms with Gasteiger partial charge in [0.1, 0.15) is 12.7 Å². The number of hydrogen-bond acceptors (Lipinski definition) is 5. The van der Waals surface area contributed by atoms with Gasteiger partial charge in [0.25, 0.3) is 5.91 Å². The van der Waals surface area contributed by atoms with E-state index < -0.39 is 0 Å². The topological polar surface area (TPSA) is 57.2 Å². The Morgan fingerprint density at radius 2 is 1.86 bits per heavy atom. The maximum absolute atomic E-state index is 12.8. The van der Waals surface area contributed by atoms with Crippen LogP contribution >= 0.6 is 23.2 Å². The predicted octanol–water partition coefficient (Wildman–Crippen LogP) is 3.93. The Bertz CT molecular complexity index is 823. The molecule has 0 saturated carbocycles. The van der Waals surface area contributed by atoms with Crippen LogP contribution in [0, 0.1) is 0 Å². The summed E-state index contributed by atoms with van der Waals surface area (Å²) in [5.74, 6) is 1.52. The first-order valence-corrected chi connectivity index (χ1v) is 9.48. The number of rotatable bonds is 6. The SMILES string of the molecule is COc1cccc(OC)c1OCC1CN(C(=O)c2ccc(Cl)c(Cl)c2)CCO1. The zero-order valence-corrected chi connectivity index (χ0v) is 17.1. The molecule has 1 heterocycles. The van der Waals surface area contributed by atoms with Crippen LogP contribution in [-0.2, 0) is 4.74 Å². The molecule has 0 N–H and O–H groups in total. The number of morpholine rings is 1. The third kappa shape index (κ3) is 4.63. The van der Waals surface area contributed by atoms with E-state index in [-0.39, 0.29) is 18.6 Å². The van der Waals surface area contributed by atoms with Gasteiger partial charge < -0.3 is 23.8 Å². The number of benzene rings is 2. The van der Waals surface area contributed by atoms with Crippen LogP contribution in [0.2, 0.25) is 10.0 Å². The van der Waals surface area contributed by atoms with Crippen molar-refractivity contribution in [1.29, 1.82) is 0 Å². The number of amides is 1. The van der Waals surface area contributed by atoms with E-state index in [1.165, 1.54) is 0 Å². The van der Waals surface area contributed by atoms with Crippen LogP contribution in [-0.4, -0.2) is 57.4 Å². The molecule has 1 aliphatic heterocycles. The van der Waals surface area contributed by atoms with Crippen LogP contribution in [0.4, 0.5) is 0 Å². The first-order valence-electron chi connectivity index (χ1n) is 8.73. The summed E-state index contributed by atoms with van der Waals surface area (Å²) in [6.07, 6.45) is -0.282. The first kappa shape index (κ1) is 20.6. The molecule has 0 spiro atoms. The maximum atomic E-state index is 12.8. The van der Waals surface area contributed by atoms with Gasteiger partial charge in [-0.05, 0) is 30.3 Å². The van der Waals surface area contributed by atoms with Crippen molar-refractivity contribution in [3.63, 3.8) is 0 Å². The van der Waals surface area contributed by atoms with Crippen molar-refractivity contribution in [2.75, 3.05) is 40.5 Å². The molecular formula is C20H21Cl2NO5. The van der Waals surface area contributed by atoms with E-state index in [0.717, 1.165) is 0 Å². The maximum Gasteiger partial charge on any atom is 0.254 e. The number of nitrogens with zero attached hydrogens (tertiary/aromatic N) is 1. The lowest BCUT2D eigenvalue weighted by Crippen LogP contribution is -2.47. The largest absolute Gasteiger partial charge is 0.493 e. The monoisotopic (exact) mass is 425 g/mol. The molecule has 150 valence electrons. The lowest BCUT2D eigenvalue weighted by Gasteiger charge is -2.33. The zero-order valence-electron chi connectivity index (χ0n) is 15.6. The fourth-order valence-electron chi connectivity index (χ4n) is 2.95. The summed E-state index contributed by atoms with van der Waals surface area (Å²) >= 11 is 12.0. The van der Waals surface area contributed by atoms with Crippen molar-refractivity contribution in [3.8, 4) is 17.2 Å². The lowest BCUT2D eigenvalue weighted by atomic mass is 10.1. The minimum absolute atomic E-state index is 0.123. The van der Waals surface area contributed by atoms with Crippen molar-refractivity contribution in [3.05, 3.63) is 52.0 Å². The van der Waals surface area contributed by atoms with Gasteiger partial charge in [-0.2, -0.15) is 0 Å². The number of carbonyl (C=O) groups is 1. The molecule has 1 saturated heterocycles. The number of methoxy groups -OCH3 is 2. The Hall–Kier alpha value is -2.15. The van der Waals surface area contributed by atoms with Gasteiger partial charge in [0.15, 0.2) is 11.5 Å². The average molecular weight is 426 g/mol.